The van der Waals surface area contributed by atoms with E-state index in [-0.39, 0.29) is 0 Å². The van der Waals surface area contributed by atoms with Crippen molar-refractivity contribution in [2.75, 3.05) is 23.8 Å². The first kappa shape index (κ1) is 13.3. The minimum atomic E-state index is 0.654. The lowest BCUT2D eigenvalue weighted by molar-refractivity contribution is 0.966. The fraction of sp³-hybridized carbons (Fsp3) is 0.333. The van der Waals surface area contributed by atoms with Gasteiger partial charge in [-0.25, -0.2) is 4.98 Å². The molecule has 100 valence electrons. The zero-order valence-electron chi connectivity index (χ0n) is 11.9. The number of nitrogens with one attached hydrogen (secondary N) is 1. The maximum absolute atomic E-state index is 4.53. The van der Waals surface area contributed by atoms with Crippen molar-refractivity contribution in [2.45, 2.75) is 20.8 Å². The minimum Gasteiger partial charge on any atom is -0.357 e. The van der Waals surface area contributed by atoms with Crippen molar-refractivity contribution in [2.24, 2.45) is 0 Å². The lowest BCUT2D eigenvalue weighted by Crippen LogP contribution is -2.18. The second-order valence-electron chi connectivity index (χ2n) is 4.52. The summed E-state index contributed by atoms with van der Waals surface area (Å²) in [5.74, 6) is 1.58. The number of hydrogen-bond donors (Lipinski definition) is 1. The van der Waals surface area contributed by atoms with Gasteiger partial charge in [0.15, 0.2) is 0 Å². The SMILES string of the molecule is CCN(c1cccc(C)c1)c1cc(C)nc(NC)n1. The number of aromatic nitrogens is 2. The van der Waals surface area contributed by atoms with E-state index in [9.17, 15) is 0 Å². The maximum Gasteiger partial charge on any atom is 0.224 e. The Morgan fingerprint density at radius 3 is 2.58 bits per heavy atom. The zero-order valence-corrected chi connectivity index (χ0v) is 11.9. The van der Waals surface area contributed by atoms with Crippen molar-refractivity contribution in [3.63, 3.8) is 0 Å². The van der Waals surface area contributed by atoms with Crippen molar-refractivity contribution < 1.29 is 0 Å². The van der Waals surface area contributed by atoms with Gasteiger partial charge in [0.25, 0.3) is 0 Å². The molecule has 0 aliphatic heterocycles. The summed E-state index contributed by atoms with van der Waals surface area (Å²) in [7, 11) is 1.83. The molecule has 0 unspecified atom stereocenters. The Bertz CT molecular complexity index is 566. The molecule has 0 atom stereocenters. The van der Waals surface area contributed by atoms with Crippen LogP contribution in [0.3, 0.4) is 0 Å². The molecular weight excluding hydrogens is 236 g/mol. The van der Waals surface area contributed by atoms with Crippen LogP contribution in [0.4, 0.5) is 17.5 Å². The van der Waals surface area contributed by atoms with E-state index < -0.39 is 0 Å². The Kier molecular flexibility index (Phi) is 4.00. The van der Waals surface area contributed by atoms with E-state index in [2.05, 4.69) is 58.3 Å². The molecule has 4 nitrogen and oxygen atoms in total. The van der Waals surface area contributed by atoms with Crippen LogP contribution in [-0.4, -0.2) is 23.6 Å². The van der Waals surface area contributed by atoms with Gasteiger partial charge in [-0.1, -0.05) is 12.1 Å². The Morgan fingerprint density at radius 2 is 1.95 bits per heavy atom. The van der Waals surface area contributed by atoms with Crippen LogP contribution in [0.15, 0.2) is 30.3 Å². The van der Waals surface area contributed by atoms with Crippen molar-refractivity contribution >= 4 is 17.5 Å². The molecule has 0 aliphatic rings. The fourth-order valence-electron chi connectivity index (χ4n) is 2.07. The lowest BCUT2D eigenvalue weighted by Gasteiger charge is -2.23. The number of rotatable bonds is 4. The highest BCUT2D eigenvalue weighted by Crippen LogP contribution is 2.25. The molecule has 0 amide bonds. The molecule has 4 heteroatoms. The summed E-state index contributed by atoms with van der Waals surface area (Å²) in [4.78, 5) is 11.0. The van der Waals surface area contributed by atoms with Crippen molar-refractivity contribution in [3.8, 4) is 0 Å². The molecule has 1 aromatic heterocycles. The molecule has 0 fully saturated rings. The maximum atomic E-state index is 4.53. The molecule has 0 saturated heterocycles. The molecule has 1 heterocycles. The van der Waals surface area contributed by atoms with Gasteiger partial charge < -0.3 is 10.2 Å². The predicted molar refractivity (Wildman–Crippen MR) is 80.2 cm³/mol. The predicted octanol–water partition coefficient (Wildman–Crippen LogP) is 3.29. The van der Waals surface area contributed by atoms with Crippen LogP contribution in [0.2, 0.25) is 0 Å². The van der Waals surface area contributed by atoms with E-state index in [0.717, 1.165) is 23.7 Å². The topological polar surface area (TPSA) is 41.1 Å². The van der Waals surface area contributed by atoms with Crippen molar-refractivity contribution in [1.29, 1.82) is 0 Å². The normalized spacial score (nSPS) is 10.3. The number of aryl methyl sites for hydroxylation is 2. The van der Waals surface area contributed by atoms with Crippen LogP contribution in [0.5, 0.6) is 0 Å². The highest BCUT2D eigenvalue weighted by atomic mass is 15.2. The first-order chi connectivity index (χ1) is 9.13. The largest absolute Gasteiger partial charge is 0.357 e. The van der Waals surface area contributed by atoms with Gasteiger partial charge in [-0.15, -0.1) is 0 Å². The van der Waals surface area contributed by atoms with Gasteiger partial charge >= 0.3 is 0 Å². The quantitative estimate of drug-likeness (QED) is 0.911. The summed E-state index contributed by atoms with van der Waals surface area (Å²) in [6.07, 6.45) is 0. The summed E-state index contributed by atoms with van der Waals surface area (Å²) in [6.45, 7) is 7.07. The second-order valence-corrected chi connectivity index (χ2v) is 4.52. The monoisotopic (exact) mass is 256 g/mol. The van der Waals surface area contributed by atoms with Crippen molar-refractivity contribution in [1.82, 2.24) is 9.97 Å². The van der Waals surface area contributed by atoms with Gasteiger partial charge in [0.1, 0.15) is 5.82 Å². The third-order valence-electron chi connectivity index (χ3n) is 2.97. The van der Waals surface area contributed by atoms with Gasteiger partial charge in [-0.05, 0) is 38.5 Å². The number of nitrogens with zero attached hydrogens (tertiary/aromatic N) is 3. The van der Waals surface area contributed by atoms with Gasteiger partial charge in [0, 0.05) is 31.0 Å². The molecule has 2 rings (SSSR count). The average molecular weight is 256 g/mol. The van der Waals surface area contributed by atoms with Gasteiger partial charge in [0.2, 0.25) is 5.95 Å². The Morgan fingerprint density at radius 1 is 1.16 bits per heavy atom. The van der Waals surface area contributed by atoms with E-state index >= 15 is 0 Å². The van der Waals surface area contributed by atoms with Crippen LogP contribution < -0.4 is 10.2 Å². The molecule has 1 N–H and O–H groups in total. The standard InChI is InChI=1S/C15H20N4/c1-5-19(13-8-6-7-11(2)9-13)14-10-12(3)17-15(16-4)18-14/h6-10H,5H2,1-4H3,(H,16,17,18). The van der Waals surface area contributed by atoms with E-state index in [4.69, 9.17) is 0 Å². The summed E-state index contributed by atoms with van der Waals surface area (Å²) in [5.41, 5.74) is 3.36. The Hall–Kier alpha value is -2.10. The van der Waals surface area contributed by atoms with Crippen LogP contribution >= 0.6 is 0 Å². The molecule has 19 heavy (non-hydrogen) atoms. The fourth-order valence-corrected chi connectivity index (χ4v) is 2.07. The second kappa shape index (κ2) is 5.69. The molecular formula is C15H20N4. The molecule has 0 aliphatic carbocycles. The van der Waals surface area contributed by atoms with Crippen LogP contribution in [0, 0.1) is 13.8 Å². The number of benzene rings is 1. The van der Waals surface area contributed by atoms with Crippen LogP contribution in [-0.2, 0) is 0 Å². The minimum absolute atomic E-state index is 0.654. The summed E-state index contributed by atoms with van der Waals surface area (Å²) >= 11 is 0. The molecule has 0 saturated carbocycles. The van der Waals surface area contributed by atoms with Crippen molar-refractivity contribution in [3.05, 3.63) is 41.6 Å². The zero-order chi connectivity index (χ0) is 13.8. The van der Waals surface area contributed by atoms with E-state index in [1.165, 1.54) is 5.56 Å². The smallest absolute Gasteiger partial charge is 0.224 e. The molecule has 0 spiro atoms. The van der Waals surface area contributed by atoms with Crippen LogP contribution in [0.1, 0.15) is 18.2 Å². The van der Waals surface area contributed by atoms with Gasteiger partial charge in [0.05, 0.1) is 0 Å². The highest BCUT2D eigenvalue weighted by molar-refractivity contribution is 5.61. The Balaban J connectivity index is 2.44. The van der Waals surface area contributed by atoms with E-state index in [0.29, 0.717) is 5.95 Å². The summed E-state index contributed by atoms with van der Waals surface area (Å²) in [6, 6.07) is 10.4. The molecule has 1 aromatic carbocycles. The number of hydrogen-bond acceptors (Lipinski definition) is 4. The first-order valence-corrected chi connectivity index (χ1v) is 6.51. The lowest BCUT2D eigenvalue weighted by atomic mass is 10.2. The summed E-state index contributed by atoms with van der Waals surface area (Å²) < 4.78 is 0. The molecule has 0 bridgehead atoms. The van der Waals surface area contributed by atoms with Gasteiger partial charge in [-0.3, -0.25) is 0 Å². The van der Waals surface area contributed by atoms with Crippen LogP contribution in [0.25, 0.3) is 0 Å². The number of anilines is 3. The first-order valence-electron chi connectivity index (χ1n) is 6.51. The molecule has 0 radical (unpaired) electrons. The third kappa shape index (κ3) is 3.02. The molecule has 2 aromatic rings. The van der Waals surface area contributed by atoms with E-state index in [1.54, 1.807) is 0 Å². The average Bonchev–Trinajstić information content (AvgIpc) is 2.39. The summed E-state index contributed by atoms with van der Waals surface area (Å²) in [5, 5.41) is 3.00. The highest BCUT2D eigenvalue weighted by Gasteiger charge is 2.10. The third-order valence-corrected chi connectivity index (χ3v) is 2.97. The van der Waals surface area contributed by atoms with E-state index in [1.807, 2.05) is 20.0 Å². The van der Waals surface area contributed by atoms with Gasteiger partial charge in [-0.2, -0.15) is 4.98 Å². The Labute approximate surface area is 114 Å².